The largest absolute Gasteiger partial charge is 0.508 e. The summed E-state index contributed by atoms with van der Waals surface area (Å²) >= 11 is 0. The van der Waals surface area contributed by atoms with Crippen LogP contribution in [0.25, 0.3) is 11.1 Å². The quantitative estimate of drug-likeness (QED) is 0.812. The van der Waals surface area contributed by atoms with E-state index in [4.69, 9.17) is 0 Å². The second kappa shape index (κ2) is 3.77. The van der Waals surface area contributed by atoms with Crippen LogP contribution in [0.1, 0.15) is 12.6 Å². The van der Waals surface area contributed by atoms with Crippen molar-refractivity contribution in [3.63, 3.8) is 0 Å². The summed E-state index contributed by atoms with van der Waals surface area (Å²) in [4.78, 5) is 0. The maximum atomic E-state index is 9.20. The molecule has 1 aromatic carbocycles. The number of hydrogen-bond acceptors (Lipinski definition) is 2. The van der Waals surface area contributed by atoms with E-state index in [-0.39, 0.29) is 0 Å². The van der Waals surface area contributed by atoms with E-state index in [0.717, 1.165) is 23.4 Å². The zero-order chi connectivity index (χ0) is 10.8. The molecule has 15 heavy (non-hydrogen) atoms. The summed E-state index contributed by atoms with van der Waals surface area (Å²) < 4.78 is 1.96. The van der Waals surface area contributed by atoms with Gasteiger partial charge in [-0.2, -0.15) is 5.10 Å². The Bertz CT molecular complexity index is 457. The molecule has 2 rings (SSSR count). The molecule has 0 spiro atoms. The third-order valence-corrected chi connectivity index (χ3v) is 2.58. The van der Waals surface area contributed by atoms with Gasteiger partial charge in [0.1, 0.15) is 5.75 Å². The van der Waals surface area contributed by atoms with E-state index in [1.54, 1.807) is 12.1 Å². The number of phenols is 1. The Morgan fingerprint density at radius 1 is 1.27 bits per heavy atom. The van der Waals surface area contributed by atoms with Gasteiger partial charge in [0.2, 0.25) is 0 Å². The molecule has 0 aliphatic heterocycles. The van der Waals surface area contributed by atoms with E-state index in [2.05, 4.69) is 18.9 Å². The molecule has 1 N–H and O–H groups in total. The van der Waals surface area contributed by atoms with Crippen LogP contribution in [0.3, 0.4) is 0 Å². The van der Waals surface area contributed by atoms with Gasteiger partial charge in [0.25, 0.3) is 0 Å². The van der Waals surface area contributed by atoms with Crippen LogP contribution < -0.4 is 0 Å². The molecule has 78 valence electrons. The number of phenolic OH excluding ortho intramolecular Hbond substituents is 1. The van der Waals surface area contributed by atoms with Crippen LogP contribution in [0.5, 0.6) is 5.75 Å². The summed E-state index contributed by atoms with van der Waals surface area (Å²) in [6, 6.07) is 7.19. The first-order chi connectivity index (χ1) is 7.22. The highest BCUT2D eigenvalue weighted by molar-refractivity contribution is 5.65. The van der Waals surface area contributed by atoms with Gasteiger partial charge in [0.15, 0.2) is 0 Å². The molecule has 0 radical (unpaired) electrons. The molecule has 0 aliphatic rings. The fraction of sp³-hybridized carbons (Fsp3) is 0.250. The van der Waals surface area contributed by atoms with Gasteiger partial charge in [-0.25, -0.2) is 0 Å². The van der Waals surface area contributed by atoms with Crippen LogP contribution >= 0.6 is 0 Å². The van der Waals surface area contributed by atoms with Crippen LogP contribution in [0.4, 0.5) is 0 Å². The third-order valence-electron chi connectivity index (χ3n) is 2.58. The summed E-state index contributed by atoms with van der Waals surface area (Å²) in [6.45, 7) is 5.00. The van der Waals surface area contributed by atoms with Gasteiger partial charge >= 0.3 is 0 Å². The van der Waals surface area contributed by atoms with Crippen LogP contribution in [0, 0.1) is 6.92 Å². The van der Waals surface area contributed by atoms with Crippen LogP contribution in [-0.4, -0.2) is 14.9 Å². The Morgan fingerprint density at radius 3 is 2.47 bits per heavy atom. The molecule has 0 atom stereocenters. The van der Waals surface area contributed by atoms with E-state index in [0.29, 0.717) is 5.75 Å². The van der Waals surface area contributed by atoms with Gasteiger partial charge in [0.05, 0.1) is 6.20 Å². The molecule has 0 saturated heterocycles. The van der Waals surface area contributed by atoms with Crippen LogP contribution in [0.2, 0.25) is 0 Å². The zero-order valence-corrected chi connectivity index (χ0v) is 8.94. The molecule has 3 nitrogen and oxygen atoms in total. The molecular formula is C12H14N2O. The lowest BCUT2D eigenvalue weighted by atomic mass is 10.1. The standard InChI is InChI=1S/C12H14N2O/c1-3-14-9(2)12(8-13-14)10-4-6-11(15)7-5-10/h4-8,15H,3H2,1-2H3. The Hall–Kier alpha value is -1.77. The number of aromatic nitrogens is 2. The number of nitrogens with zero attached hydrogens (tertiary/aromatic N) is 2. The topological polar surface area (TPSA) is 38.0 Å². The lowest BCUT2D eigenvalue weighted by Gasteiger charge is -2.02. The van der Waals surface area contributed by atoms with Gasteiger partial charge in [-0.15, -0.1) is 0 Å². The first-order valence-corrected chi connectivity index (χ1v) is 5.04. The summed E-state index contributed by atoms with van der Waals surface area (Å²) in [6.07, 6.45) is 1.87. The fourth-order valence-corrected chi connectivity index (χ4v) is 1.69. The average Bonchev–Trinajstić information content (AvgIpc) is 2.61. The number of benzene rings is 1. The van der Waals surface area contributed by atoms with Gasteiger partial charge in [-0.05, 0) is 31.5 Å². The summed E-state index contributed by atoms with van der Waals surface area (Å²) in [7, 11) is 0. The van der Waals surface area contributed by atoms with Crippen molar-refractivity contribution in [1.29, 1.82) is 0 Å². The highest BCUT2D eigenvalue weighted by Gasteiger charge is 2.06. The van der Waals surface area contributed by atoms with Crippen molar-refractivity contribution in [2.75, 3.05) is 0 Å². The number of aryl methyl sites for hydroxylation is 1. The minimum atomic E-state index is 0.291. The van der Waals surface area contributed by atoms with Crippen molar-refractivity contribution in [2.45, 2.75) is 20.4 Å². The van der Waals surface area contributed by atoms with Crippen molar-refractivity contribution in [3.8, 4) is 16.9 Å². The van der Waals surface area contributed by atoms with Crippen molar-refractivity contribution >= 4 is 0 Å². The number of rotatable bonds is 2. The minimum Gasteiger partial charge on any atom is -0.508 e. The van der Waals surface area contributed by atoms with Crippen molar-refractivity contribution < 1.29 is 5.11 Å². The Morgan fingerprint density at radius 2 is 1.93 bits per heavy atom. The van der Waals surface area contributed by atoms with E-state index in [9.17, 15) is 5.11 Å². The molecular weight excluding hydrogens is 188 g/mol. The number of aromatic hydroxyl groups is 1. The molecule has 1 heterocycles. The Balaban J connectivity index is 2.45. The Labute approximate surface area is 89.0 Å². The molecule has 0 unspecified atom stereocenters. The maximum absolute atomic E-state index is 9.20. The highest BCUT2D eigenvalue weighted by Crippen LogP contribution is 2.24. The highest BCUT2D eigenvalue weighted by atomic mass is 16.3. The van der Waals surface area contributed by atoms with Gasteiger partial charge in [0, 0.05) is 17.8 Å². The number of hydrogen-bond donors (Lipinski definition) is 1. The SMILES string of the molecule is CCn1ncc(-c2ccc(O)cc2)c1C. The predicted molar refractivity (Wildman–Crippen MR) is 59.7 cm³/mol. The zero-order valence-electron chi connectivity index (χ0n) is 8.94. The van der Waals surface area contributed by atoms with E-state index in [1.807, 2.05) is 23.0 Å². The maximum Gasteiger partial charge on any atom is 0.115 e. The van der Waals surface area contributed by atoms with Crippen molar-refractivity contribution in [1.82, 2.24) is 9.78 Å². The summed E-state index contributed by atoms with van der Waals surface area (Å²) in [5, 5.41) is 13.5. The van der Waals surface area contributed by atoms with Gasteiger partial charge in [-0.1, -0.05) is 12.1 Å². The van der Waals surface area contributed by atoms with Gasteiger partial charge in [-0.3, -0.25) is 4.68 Å². The molecule has 3 heteroatoms. The molecule has 0 fully saturated rings. The van der Waals surface area contributed by atoms with E-state index < -0.39 is 0 Å². The molecule has 0 aliphatic carbocycles. The molecule has 1 aromatic heterocycles. The molecule has 0 bridgehead atoms. The van der Waals surface area contributed by atoms with Crippen LogP contribution in [-0.2, 0) is 6.54 Å². The lowest BCUT2D eigenvalue weighted by molar-refractivity contribution is 0.475. The normalized spacial score (nSPS) is 10.5. The first-order valence-electron chi connectivity index (χ1n) is 5.04. The molecule has 0 saturated carbocycles. The summed E-state index contributed by atoms with van der Waals surface area (Å²) in [5.74, 6) is 0.291. The summed E-state index contributed by atoms with van der Waals surface area (Å²) in [5.41, 5.74) is 3.37. The van der Waals surface area contributed by atoms with Crippen molar-refractivity contribution in [2.24, 2.45) is 0 Å². The van der Waals surface area contributed by atoms with Crippen molar-refractivity contribution in [3.05, 3.63) is 36.2 Å². The molecule has 0 amide bonds. The monoisotopic (exact) mass is 202 g/mol. The smallest absolute Gasteiger partial charge is 0.115 e. The predicted octanol–water partition coefficient (Wildman–Crippen LogP) is 2.58. The third kappa shape index (κ3) is 1.73. The van der Waals surface area contributed by atoms with Crippen LogP contribution in [0.15, 0.2) is 30.5 Å². The van der Waals surface area contributed by atoms with Gasteiger partial charge < -0.3 is 5.11 Å². The lowest BCUT2D eigenvalue weighted by Crippen LogP contribution is -1.98. The second-order valence-corrected chi connectivity index (χ2v) is 3.51. The average molecular weight is 202 g/mol. The minimum absolute atomic E-state index is 0.291. The van der Waals surface area contributed by atoms with E-state index >= 15 is 0 Å². The second-order valence-electron chi connectivity index (χ2n) is 3.51. The first kappa shape index (κ1) is 9.77. The van der Waals surface area contributed by atoms with E-state index in [1.165, 1.54) is 0 Å². The molecule has 2 aromatic rings. The fourth-order valence-electron chi connectivity index (χ4n) is 1.69. The Kier molecular flexibility index (Phi) is 2.46.